The maximum atomic E-state index is 6.01. The Balaban J connectivity index is 0.000000370. The molecule has 0 bridgehead atoms. The smallest absolute Gasteiger partial charge is 0.229 e. The molecule has 0 aliphatic heterocycles. The maximum Gasteiger partial charge on any atom is 0.229 e. The molecule has 5 heteroatoms. The Morgan fingerprint density at radius 3 is 2.24 bits per heavy atom. The number of rotatable bonds is 8. The fraction of sp³-hybridized carbons (Fsp3) is 0.292. The number of nitrogens with one attached hydrogen (secondary N) is 1. The van der Waals surface area contributed by atoms with Crippen molar-refractivity contribution in [2.45, 2.75) is 46.0 Å². The van der Waals surface area contributed by atoms with E-state index in [1.54, 1.807) is 18.5 Å². The number of unbranched alkanes of at least 4 members (excludes halogenated alkanes) is 4. The Kier molecular flexibility index (Phi) is 9.36. The average Bonchev–Trinajstić information content (AvgIpc) is 2.76. The van der Waals surface area contributed by atoms with E-state index in [-0.39, 0.29) is 0 Å². The number of hydrogen-bond donors (Lipinski definition) is 2. The van der Waals surface area contributed by atoms with Gasteiger partial charge >= 0.3 is 0 Å². The number of nitrogens with zero attached hydrogens (tertiary/aromatic N) is 3. The van der Waals surface area contributed by atoms with Crippen LogP contribution in [0.1, 0.15) is 51.5 Å². The van der Waals surface area contributed by atoms with Crippen LogP contribution in [0.3, 0.4) is 0 Å². The number of benzene rings is 1. The third-order valence-corrected chi connectivity index (χ3v) is 4.37. The van der Waals surface area contributed by atoms with Crippen LogP contribution in [0.4, 0.5) is 17.5 Å². The lowest BCUT2D eigenvalue weighted by Crippen LogP contribution is -2.02. The SMILES string of the molecule is C=Cc1ccc(Nc2ncc(-c3ccccn3)c(N)n2)cc1.CCCCCCC. The predicted octanol–water partition coefficient (Wildman–Crippen LogP) is 6.48. The first-order chi connectivity index (χ1) is 14.2. The number of nitrogens with two attached hydrogens (primary N) is 1. The summed E-state index contributed by atoms with van der Waals surface area (Å²) in [5, 5.41) is 3.12. The molecule has 29 heavy (non-hydrogen) atoms. The van der Waals surface area contributed by atoms with Gasteiger partial charge in [-0.3, -0.25) is 4.98 Å². The molecule has 152 valence electrons. The molecule has 0 unspecified atom stereocenters. The lowest BCUT2D eigenvalue weighted by molar-refractivity contribution is 0.656. The Morgan fingerprint density at radius 1 is 0.966 bits per heavy atom. The van der Waals surface area contributed by atoms with E-state index in [4.69, 9.17) is 5.73 Å². The highest BCUT2D eigenvalue weighted by Gasteiger charge is 2.07. The van der Waals surface area contributed by atoms with Gasteiger partial charge < -0.3 is 11.1 Å². The van der Waals surface area contributed by atoms with Crippen molar-refractivity contribution in [3.05, 3.63) is 67.0 Å². The summed E-state index contributed by atoms with van der Waals surface area (Å²) in [7, 11) is 0. The van der Waals surface area contributed by atoms with Crippen LogP contribution in [-0.4, -0.2) is 15.0 Å². The topological polar surface area (TPSA) is 76.7 Å². The fourth-order valence-electron chi connectivity index (χ4n) is 2.68. The van der Waals surface area contributed by atoms with Gasteiger partial charge in [0, 0.05) is 18.1 Å². The van der Waals surface area contributed by atoms with E-state index in [0.29, 0.717) is 17.3 Å². The number of hydrogen-bond acceptors (Lipinski definition) is 5. The van der Waals surface area contributed by atoms with Gasteiger partial charge in [0.05, 0.1) is 11.3 Å². The third-order valence-electron chi connectivity index (χ3n) is 4.37. The van der Waals surface area contributed by atoms with Gasteiger partial charge in [-0.2, -0.15) is 4.98 Å². The molecule has 0 saturated heterocycles. The first-order valence-electron chi connectivity index (χ1n) is 10.2. The van der Waals surface area contributed by atoms with Crippen molar-refractivity contribution in [2.24, 2.45) is 0 Å². The summed E-state index contributed by atoms with van der Waals surface area (Å²) < 4.78 is 0. The minimum Gasteiger partial charge on any atom is -0.383 e. The highest BCUT2D eigenvalue weighted by Crippen LogP contribution is 2.23. The molecule has 0 amide bonds. The lowest BCUT2D eigenvalue weighted by Gasteiger charge is -2.08. The molecule has 2 heterocycles. The van der Waals surface area contributed by atoms with Crippen LogP contribution >= 0.6 is 0 Å². The Hall–Kier alpha value is -3.21. The van der Waals surface area contributed by atoms with Crippen molar-refractivity contribution in [3.8, 4) is 11.3 Å². The quantitative estimate of drug-likeness (QED) is 0.431. The summed E-state index contributed by atoms with van der Waals surface area (Å²) in [4.78, 5) is 12.8. The van der Waals surface area contributed by atoms with Gasteiger partial charge in [0.1, 0.15) is 5.82 Å². The molecular formula is C24H31N5. The highest BCUT2D eigenvalue weighted by atomic mass is 15.1. The van der Waals surface area contributed by atoms with Gasteiger partial charge in [-0.15, -0.1) is 0 Å². The molecule has 0 fully saturated rings. The maximum absolute atomic E-state index is 6.01. The van der Waals surface area contributed by atoms with Gasteiger partial charge in [0.15, 0.2) is 0 Å². The van der Waals surface area contributed by atoms with E-state index < -0.39 is 0 Å². The van der Waals surface area contributed by atoms with Crippen LogP contribution < -0.4 is 11.1 Å². The van der Waals surface area contributed by atoms with E-state index in [0.717, 1.165) is 16.9 Å². The minimum atomic E-state index is 0.388. The van der Waals surface area contributed by atoms with Gasteiger partial charge in [-0.05, 0) is 29.8 Å². The summed E-state index contributed by atoms with van der Waals surface area (Å²) in [5.74, 6) is 0.836. The van der Waals surface area contributed by atoms with Crippen LogP contribution in [0.2, 0.25) is 0 Å². The highest BCUT2D eigenvalue weighted by molar-refractivity contribution is 5.71. The van der Waals surface area contributed by atoms with Crippen LogP contribution in [0.15, 0.2) is 61.4 Å². The van der Waals surface area contributed by atoms with Gasteiger partial charge in [-0.25, -0.2) is 4.98 Å². The summed E-state index contributed by atoms with van der Waals surface area (Å²) in [6.45, 7) is 8.22. The molecule has 0 radical (unpaired) electrons. The zero-order valence-corrected chi connectivity index (χ0v) is 17.4. The number of nitrogen functional groups attached to an aromatic ring is 1. The number of aromatic nitrogens is 3. The van der Waals surface area contributed by atoms with Crippen molar-refractivity contribution in [1.29, 1.82) is 0 Å². The Bertz CT molecular complexity index is 856. The summed E-state index contributed by atoms with van der Waals surface area (Å²) in [5.41, 5.74) is 9.41. The van der Waals surface area contributed by atoms with E-state index >= 15 is 0 Å². The van der Waals surface area contributed by atoms with Crippen molar-refractivity contribution in [2.75, 3.05) is 11.1 Å². The lowest BCUT2D eigenvalue weighted by atomic mass is 10.2. The Labute approximate surface area is 174 Å². The average molecular weight is 390 g/mol. The first kappa shape index (κ1) is 22.1. The van der Waals surface area contributed by atoms with Crippen molar-refractivity contribution < 1.29 is 0 Å². The normalized spacial score (nSPS) is 10.0. The molecule has 2 aromatic heterocycles. The van der Waals surface area contributed by atoms with Crippen LogP contribution in [0.5, 0.6) is 0 Å². The second kappa shape index (κ2) is 12.3. The predicted molar refractivity (Wildman–Crippen MR) is 124 cm³/mol. The molecule has 0 spiro atoms. The largest absolute Gasteiger partial charge is 0.383 e. The summed E-state index contributed by atoms with van der Waals surface area (Å²) in [6.07, 6.45) is 12.2. The standard InChI is InChI=1S/C17H15N5.C7H16/c1-2-12-6-8-13(9-7-12)21-17-20-11-14(16(18)22-17)15-5-3-4-10-19-15;1-3-5-7-6-4-2/h2-11H,1H2,(H3,18,20,21,22);3-7H2,1-2H3. The summed E-state index contributed by atoms with van der Waals surface area (Å²) in [6, 6.07) is 13.4. The van der Waals surface area contributed by atoms with Crippen molar-refractivity contribution in [1.82, 2.24) is 15.0 Å². The van der Waals surface area contributed by atoms with Crippen LogP contribution in [0, 0.1) is 0 Å². The van der Waals surface area contributed by atoms with E-state index in [2.05, 4.69) is 40.7 Å². The molecule has 3 aromatic rings. The number of anilines is 3. The van der Waals surface area contributed by atoms with E-state index in [9.17, 15) is 0 Å². The molecule has 5 nitrogen and oxygen atoms in total. The van der Waals surface area contributed by atoms with Gasteiger partial charge in [0.2, 0.25) is 5.95 Å². The molecule has 3 rings (SSSR count). The zero-order valence-electron chi connectivity index (χ0n) is 17.4. The van der Waals surface area contributed by atoms with Crippen LogP contribution in [0.25, 0.3) is 17.3 Å². The molecule has 3 N–H and O–H groups in total. The number of pyridine rings is 1. The summed E-state index contributed by atoms with van der Waals surface area (Å²) >= 11 is 0. The molecule has 0 aliphatic rings. The molecule has 0 atom stereocenters. The Morgan fingerprint density at radius 2 is 1.69 bits per heavy atom. The van der Waals surface area contributed by atoms with Crippen molar-refractivity contribution in [3.63, 3.8) is 0 Å². The fourth-order valence-corrected chi connectivity index (χ4v) is 2.68. The van der Waals surface area contributed by atoms with Gasteiger partial charge in [-0.1, -0.05) is 76.8 Å². The zero-order chi connectivity index (χ0) is 20.9. The first-order valence-corrected chi connectivity index (χ1v) is 10.2. The minimum absolute atomic E-state index is 0.388. The van der Waals surface area contributed by atoms with E-state index in [1.807, 2.05) is 42.5 Å². The second-order valence-electron chi connectivity index (χ2n) is 6.72. The molecular weight excluding hydrogens is 358 g/mol. The van der Waals surface area contributed by atoms with E-state index in [1.165, 1.54) is 32.1 Å². The monoisotopic (exact) mass is 389 g/mol. The van der Waals surface area contributed by atoms with Gasteiger partial charge in [0.25, 0.3) is 0 Å². The van der Waals surface area contributed by atoms with Crippen LogP contribution in [-0.2, 0) is 0 Å². The second-order valence-corrected chi connectivity index (χ2v) is 6.72. The van der Waals surface area contributed by atoms with Crippen molar-refractivity contribution >= 4 is 23.5 Å². The molecule has 1 aromatic carbocycles. The third kappa shape index (κ3) is 7.37. The molecule has 0 aliphatic carbocycles. The molecule has 0 saturated carbocycles.